The standard InChI is InChI=1S/C29H34F7N3O3/c1-16-11-21(30)7-8-23(16)24-15-22(37-25(40)42-27(3,4)5)9-10-39(24)26(41)38(6)17(2)18-12-19(28(31,32)33)14-20(13-18)29(34,35)36/h7-8,11-14,17,22,24H,9-10,15H2,1-6H3,(H,37,40)/t17-,22+,24-/m0/s1. The number of piperidine rings is 1. The first-order valence-electron chi connectivity index (χ1n) is 13.3. The topological polar surface area (TPSA) is 61.9 Å². The Morgan fingerprint density at radius 3 is 2.07 bits per heavy atom. The van der Waals surface area contributed by atoms with Crippen molar-refractivity contribution in [3.05, 3.63) is 70.0 Å². The van der Waals surface area contributed by atoms with E-state index in [1.807, 2.05) is 0 Å². The second-order valence-electron chi connectivity index (χ2n) is 11.5. The van der Waals surface area contributed by atoms with Gasteiger partial charge in [0.25, 0.3) is 0 Å². The van der Waals surface area contributed by atoms with E-state index in [9.17, 15) is 40.3 Å². The zero-order chi connectivity index (χ0) is 31.8. The second kappa shape index (κ2) is 12.0. The summed E-state index contributed by atoms with van der Waals surface area (Å²) < 4.78 is 99.9. The molecule has 1 aliphatic rings. The summed E-state index contributed by atoms with van der Waals surface area (Å²) in [6.45, 7) is 8.20. The van der Waals surface area contributed by atoms with Gasteiger partial charge in [-0.1, -0.05) is 6.07 Å². The summed E-state index contributed by atoms with van der Waals surface area (Å²) in [5.74, 6) is -0.496. The molecule has 0 spiro atoms. The van der Waals surface area contributed by atoms with Gasteiger partial charge in [-0.25, -0.2) is 14.0 Å². The Kier molecular flexibility index (Phi) is 9.43. The molecule has 6 nitrogen and oxygen atoms in total. The van der Waals surface area contributed by atoms with Crippen LogP contribution in [-0.2, 0) is 17.1 Å². The van der Waals surface area contributed by atoms with E-state index >= 15 is 0 Å². The molecule has 13 heteroatoms. The zero-order valence-corrected chi connectivity index (χ0v) is 24.1. The maximum Gasteiger partial charge on any atom is 0.416 e. The number of rotatable bonds is 4. The Morgan fingerprint density at radius 1 is 1.00 bits per heavy atom. The van der Waals surface area contributed by atoms with Gasteiger partial charge in [-0.2, -0.15) is 26.3 Å². The van der Waals surface area contributed by atoms with Crippen molar-refractivity contribution in [1.82, 2.24) is 15.1 Å². The molecule has 2 aromatic rings. The molecule has 2 aromatic carbocycles. The van der Waals surface area contributed by atoms with Gasteiger partial charge in [-0.15, -0.1) is 0 Å². The van der Waals surface area contributed by atoms with Crippen LogP contribution in [0.25, 0.3) is 0 Å². The molecular weight excluding hydrogens is 571 g/mol. The van der Waals surface area contributed by atoms with E-state index in [1.54, 1.807) is 27.7 Å². The normalized spacial score (nSPS) is 18.8. The summed E-state index contributed by atoms with van der Waals surface area (Å²) in [5.41, 5.74) is -2.94. The van der Waals surface area contributed by atoms with Crippen LogP contribution in [0.1, 0.15) is 80.4 Å². The third kappa shape index (κ3) is 8.07. The summed E-state index contributed by atoms with van der Waals surface area (Å²) in [5, 5.41) is 2.78. The molecule has 0 bridgehead atoms. The number of likely N-dealkylation sites (tertiary alicyclic amines) is 1. The van der Waals surface area contributed by atoms with Gasteiger partial charge in [0.2, 0.25) is 0 Å². The number of carbonyl (C=O) groups excluding carboxylic acids is 2. The monoisotopic (exact) mass is 605 g/mol. The number of hydrogen-bond donors (Lipinski definition) is 1. The molecule has 232 valence electrons. The summed E-state index contributed by atoms with van der Waals surface area (Å²) in [6.07, 6.45) is -10.2. The highest BCUT2D eigenvalue weighted by molar-refractivity contribution is 5.76. The molecule has 1 saturated heterocycles. The number of carbonyl (C=O) groups is 2. The predicted octanol–water partition coefficient (Wildman–Crippen LogP) is 8.01. The number of halogens is 7. The van der Waals surface area contributed by atoms with Crippen LogP contribution in [0.2, 0.25) is 0 Å². The van der Waals surface area contributed by atoms with E-state index in [1.165, 1.54) is 37.1 Å². The summed E-state index contributed by atoms with van der Waals surface area (Å²) in [7, 11) is 1.29. The van der Waals surface area contributed by atoms with E-state index in [-0.39, 0.29) is 24.6 Å². The molecule has 0 saturated carbocycles. The average Bonchev–Trinajstić information content (AvgIpc) is 2.85. The molecule has 1 fully saturated rings. The smallest absolute Gasteiger partial charge is 0.416 e. The third-order valence-corrected chi connectivity index (χ3v) is 7.13. The number of aryl methyl sites for hydroxylation is 1. The van der Waals surface area contributed by atoms with Crippen LogP contribution in [0, 0.1) is 12.7 Å². The maximum atomic E-state index is 13.9. The number of amides is 3. The number of nitrogens with one attached hydrogen (secondary N) is 1. The van der Waals surface area contributed by atoms with Crippen LogP contribution >= 0.6 is 0 Å². The van der Waals surface area contributed by atoms with Crippen LogP contribution in [-0.4, -0.2) is 47.2 Å². The minimum absolute atomic E-state index is 0.0355. The number of benzene rings is 2. The lowest BCUT2D eigenvalue weighted by Crippen LogP contribution is -2.52. The number of nitrogens with zero attached hydrogens (tertiary/aromatic N) is 2. The lowest BCUT2D eigenvalue weighted by Gasteiger charge is -2.43. The van der Waals surface area contributed by atoms with Gasteiger partial charge >= 0.3 is 24.5 Å². The number of urea groups is 1. The van der Waals surface area contributed by atoms with Crippen LogP contribution in [0.5, 0.6) is 0 Å². The van der Waals surface area contributed by atoms with Gasteiger partial charge in [0, 0.05) is 19.6 Å². The molecule has 1 N–H and O–H groups in total. The van der Waals surface area contributed by atoms with Gasteiger partial charge in [-0.05, 0) is 94.5 Å². The van der Waals surface area contributed by atoms with Gasteiger partial charge in [0.1, 0.15) is 11.4 Å². The molecule has 0 unspecified atom stereocenters. The van der Waals surface area contributed by atoms with Gasteiger partial charge in [-0.3, -0.25) is 0 Å². The first kappa shape index (κ1) is 33.0. The molecule has 0 radical (unpaired) electrons. The highest BCUT2D eigenvalue weighted by atomic mass is 19.4. The Hall–Kier alpha value is -3.51. The van der Waals surface area contributed by atoms with Crippen molar-refractivity contribution in [2.24, 2.45) is 0 Å². The van der Waals surface area contributed by atoms with Crippen molar-refractivity contribution in [1.29, 1.82) is 0 Å². The fourth-order valence-corrected chi connectivity index (χ4v) is 4.92. The SMILES string of the molecule is Cc1cc(F)ccc1[C@@H]1C[C@H](NC(=O)OC(C)(C)C)CCN1C(=O)N(C)[C@@H](C)c1cc(C(F)(F)F)cc(C(F)(F)F)c1. The van der Waals surface area contributed by atoms with Gasteiger partial charge in [0.05, 0.1) is 23.2 Å². The van der Waals surface area contributed by atoms with E-state index in [4.69, 9.17) is 4.74 Å². The Balaban J connectivity index is 1.94. The molecule has 3 atom stereocenters. The van der Waals surface area contributed by atoms with Crippen LogP contribution in [0.3, 0.4) is 0 Å². The summed E-state index contributed by atoms with van der Waals surface area (Å²) in [6, 6.07) is 2.31. The van der Waals surface area contributed by atoms with E-state index < -0.39 is 65.1 Å². The molecular formula is C29H34F7N3O3. The predicted molar refractivity (Wildman–Crippen MR) is 141 cm³/mol. The second-order valence-corrected chi connectivity index (χ2v) is 11.5. The highest BCUT2D eigenvalue weighted by Crippen LogP contribution is 2.39. The first-order valence-corrected chi connectivity index (χ1v) is 13.3. The van der Waals surface area contributed by atoms with Crippen molar-refractivity contribution >= 4 is 12.1 Å². The largest absolute Gasteiger partial charge is 0.444 e. The fraction of sp³-hybridized carbons (Fsp3) is 0.517. The highest BCUT2D eigenvalue weighted by Gasteiger charge is 2.40. The molecule has 1 heterocycles. The summed E-state index contributed by atoms with van der Waals surface area (Å²) >= 11 is 0. The lowest BCUT2D eigenvalue weighted by atomic mass is 9.89. The fourth-order valence-electron chi connectivity index (χ4n) is 4.92. The number of alkyl halides is 6. The van der Waals surface area contributed by atoms with Crippen molar-refractivity contribution < 1.29 is 45.1 Å². The number of hydrogen-bond acceptors (Lipinski definition) is 3. The average molecular weight is 606 g/mol. The Labute approximate surface area is 239 Å². The van der Waals surface area contributed by atoms with Crippen molar-refractivity contribution in [3.63, 3.8) is 0 Å². The Bertz CT molecular complexity index is 1270. The molecule has 42 heavy (non-hydrogen) atoms. The number of ether oxygens (including phenoxy) is 1. The van der Waals surface area contributed by atoms with Gasteiger partial charge < -0.3 is 19.9 Å². The molecule has 1 aliphatic heterocycles. The van der Waals surface area contributed by atoms with Gasteiger partial charge in [0.15, 0.2) is 0 Å². The Morgan fingerprint density at radius 2 is 1.57 bits per heavy atom. The van der Waals surface area contributed by atoms with Crippen molar-refractivity contribution in [2.75, 3.05) is 13.6 Å². The van der Waals surface area contributed by atoms with E-state index in [2.05, 4.69) is 5.32 Å². The molecule has 3 amide bonds. The zero-order valence-electron chi connectivity index (χ0n) is 24.1. The van der Waals surface area contributed by atoms with E-state index in [0.717, 1.165) is 4.90 Å². The minimum Gasteiger partial charge on any atom is -0.444 e. The van der Waals surface area contributed by atoms with Crippen molar-refractivity contribution in [3.8, 4) is 0 Å². The first-order chi connectivity index (χ1) is 19.2. The van der Waals surface area contributed by atoms with Crippen molar-refractivity contribution in [2.45, 2.75) is 83.5 Å². The maximum absolute atomic E-state index is 13.9. The van der Waals surface area contributed by atoms with E-state index in [0.29, 0.717) is 29.7 Å². The van der Waals surface area contributed by atoms with Crippen LogP contribution in [0.4, 0.5) is 40.3 Å². The molecule has 0 aliphatic carbocycles. The van der Waals surface area contributed by atoms with Crippen LogP contribution < -0.4 is 5.32 Å². The van der Waals surface area contributed by atoms with Crippen LogP contribution in [0.15, 0.2) is 36.4 Å². The summed E-state index contributed by atoms with van der Waals surface area (Å²) in [4.78, 5) is 28.7. The minimum atomic E-state index is -5.04. The molecule has 3 rings (SSSR count). The quantitative estimate of drug-likeness (QED) is 0.359. The third-order valence-electron chi connectivity index (χ3n) is 7.13. The lowest BCUT2D eigenvalue weighted by molar-refractivity contribution is -0.143. The number of alkyl carbamates (subject to hydrolysis) is 1. The molecule has 0 aromatic heterocycles.